The smallest absolute Gasteiger partial charge is 0.296 e. The van der Waals surface area contributed by atoms with Crippen LogP contribution >= 0.6 is 0 Å². The third-order valence-corrected chi connectivity index (χ3v) is 8.39. The molecule has 0 amide bonds. The third-order valence-electron chi connectivity index (χ3n) is 5.54. The molecule has 2 aromatic rings. The van der Waals surface area contributed by atoms with Crippen LogP contribution in [-0.2, 0) is 30.4 Å². The van der Waals surface area contributed by atoms with Crippen LogP contribution < -0.4 is 11.1 Å². The van der Waals surface area contributed by atoms with E-state index in [4.69, 9.17) is 5.73 Å². The fourth-order valence-electron chi connectivity index (χ4n) is 3.92. The number of benzene rings is 2. The molecule has 0 aromatic heterocycles. The van der Waals surface area contributed by atoms with Crippen molar-refractivity contribution in [3.8, 4) is 0 Å². The molecule has 0 saturated carbocycles. The average Bonchev–Trinajstić information content (AvgIpc) is 2.78. The maximum Gasteiger partial charge on any atom is 0.296 e. The standard InChI is InChI=1S/C22H23N3O9S3/c1-12-18(25-3)9-7-16(22(12)37(32,33)34)21(13-4-8-17(23)20(10-13)36(29,30)31)15-6-5-14(24-2)11-19(15)35(26,27)28/h4-11,24H,23H2,1-3H3,(H,26,27,28)(H,29,30,31)(H,32,33,34). The molecule has 37 heavy (non-hydrogen) atoms. The van der Waals surface area contributed by atoms with Gasteiger partial charge in [-0.25, -0.2) is 0 Å². The van der Waals surface area contributed by atoms with E-state index in [-0.39, 0.29) is 44.9 Å². The van der Waals surface area contributed by atoms with E-state index >= 15 is 0 Å². The van der Waals surface area contributed by atoms with Crippen LogP contribution in [0.4, 0.5) is 11.4 Å². The van der Waals surface area contributed by atoms with Gasteiger partial charge in [0, 0.05) is 30.9 Å². The molecule has 198 valence electrons. The number of rotatable bonds is 6. The zero-order chi connectivity index (χ0) is 27.9. The van der Waals surface area contributed by atoms with Crippen LogP contribution in [0, 0.1) is 0 Å². The van der Waals surface area contributed by atoms with Gasteiger partial charge in [-0.2, -0.15) is 25.3 Å². The molecular formula is C22H23N3O9S3. The second kappa shape index (κ2) is 9.85. The van der Waals surface area contributed by atoms with Crippen LogP contribution in [0.2, 0.25) is 0 Å². The first-order valence-corrected chi connectivity index (χ1v) is 14.6. The first kappa shape index (κ1) is 28.2. The Hall–Kier alpha value is -3.34. The van der Waals surface area contributed by atoms with Crippen molar-refractivity contribution in [2.75, 3.05) is 25.1 Å². The Labute approximate surface area is 214 Å². The Morgan fingerprint density at radius 2 is 1.49 bits per heavy atom. The van der Waals surface area contributed by atoms with E-state index in [9.17, 15) is 38.9 Å². The number of aliphatic imine (C=N–C) groups is 1. The van der Waals surface area contributed by atoms with Crippen molar-refractivity contribution in [1.82, 2.24) is 0 Å². The van der Waals surface area contributed by atoms with E-state index in [2.05, 4.69) is 10.3 Å². The molecule has 12 nitrogen and oxygen atoms in total. The summed E-state index contributed by atoms with van der Waals surface area (Å²) in [4.78, 5) is 1.96. The minimum absolute atomic E-state index is 0.0192. The van der Waals surface area contributed by atoms with Crippen molar-refractivity contribution >= 4 is 53.0 Å². The zero-order valence-electron chi connectivity index (χ0n) is 19.7. The van der Waals surface area contributed by atoms with E-state index in [0.717, 1.165) is 18.2 Å². The number of allylic oxidation sites excluding steroid dienone is 4. The monoisotopic (exact) mass is 569 g/mol. The number of hydrogen-bond donors (Lipinski definition) is 5. The normalized spacial score (nSPS) is 17.3. The molecule has 0 fully saturated rings. The Bertz CT molecular complexity index is 1750. The van der Waals surface area contributed by atoms with Crippen molar-refractivity contribution in [2.45, 2.75) is 16.7 Å². The summed E-state index contributed by atoms with van der Waals surface area (Å²) in [6.07, 6.45) is 2.66. The van der Waals surface area contributed by atoms with Gasteiger partial charge >= 0.3 is 0 Å². The molecule has 0 atom stereocenters. The number of nitrogens with one attached hydrogen (secondary N) is 1. The topological polar surface area (TPSA) is 214 Å². The third kappa shape index (κ3) is 5.66. The average molecular weight is 570 g/mol. The highest BCUT2D eigenvalue weighted by molar-refractivity contribution is 7.90. The summed E-state index contributed by atoms with van der Waals surface area (Å²) in [5.41, 5.74) is 5.09. The summed E-state index contributed by atoms with van der Waals surface area (Å²) in [6, 6.07) is 7.07. The van der Waals surface area contributed by atoms with E-state index in [1.165, 1.54) is 51.4 Å². The number of nitrogens with two attached hydrogens (primary N) is 1. The van der Waals surface area contributed by atoms with Crippen molar-refractivity contribution in [1.29, 1.82) is 0 Å². The number of hydrogen-bond acceptors (Lipinski definition) is 9. The lowest BCUT2D eigenvalue weighted by molar-refractivity contribution is 0.481. The highest BCUT2D eigenvalue weighted by Crippen LogP contribution is 2.40. The molecule has 0 aliphatic heterocycles. The molecule has 0 radical (unpaired) electrons. The van der Waals surface area contributed by atoms with Crippen LogP contribution in [0.5, 0.6) is 0 Å². The SMILES string of the molecule is CN=C1C=CC(=C(c2ccc(N)c(S(=O)(=O)O)c2)c2ccc(NC)cc2S(=O)(=O)O)C(S(=O)(=O)O)=C1C. The molecule has 0 unspecified atom stereocenters. The summed E-state index contributed by atoms with van der Waals surface area (Å²) >= 11 is 0. The molecule has 1 aliphatic rings. The second-order valence-corrected chi connectivity index (χ2v) is 12.0. The number of nitrogens with zero attached hydrogens (tertiary/aromatic N) is 1. The van der Waals surface area contributed by atoms with Gasteiger partial charge in [0.25, 0.3) is 30.4 Å². The van der Waals surface area contributed by atoms with Crippen LogP contribution in [0.25, 0.3) is 5.57 Å². The largest absolute Gasteiger partial charge is 0.398 e. The first-order chi connectivity index (χ1) is 17.0. The predicted molar refractivity (Wildman–Crippen MR) is 139 cm³/mol. The Kier molecular flexibility index (Phi) is 7.51. The molecule has 0 saturated heterocycles. The molecule has 3 rings (SSSR count). The van der Waals surface area contributed by atoms with Crippen LogP contribution in [0.15, 0.2) is 79.4 Å². The molecule has 2 aromatic carbocycles. The van der Waals surface area contributed by atoms with Gasteiger partial charge in [0.1, 0.15) is 14.7 Å². The van der Waals surface area contributed by atoms with Gasteiger partial charge in [-0.1, -0.05) is 18.2 Å². The number of nitrogen functional groups attached to an aromatic ring is 1. The lowest BCUT2D eigenvalue weighted by Crippen LogP contribution is -2.16. The van der Waals surface area contributed by atoms with E-state index in [1.54, 1.807) is 0 Å². The maximum absolute atomic E-state index is 12.5. The van der Waals surface area contributed by atoms with Crippen molar-refractivity contribution < 1.29 is 38.9 Å². The van der Waals surface area contributed by atoms with Crippen molar-refractivity contribution in [3.05, 3.63) is 75.7 Å². The lowest BCUT2D eigenvalue weighted by Gasteiger charge is -2.22. The van der Waals surface area contributed by atoms with Gasteiger partial charge in [0.2, 0.25) is 0 Å². The first-order valence-electron chi connectivity index (χ1n) is 10.3. The minimum Gasteiger partial charge on any atom is -0.398 e. The second-order valence-electron chi connectivity index (χ2n) is 7.82. The molecule has 1 aliphatic carbocycles. The van der Waals surface area contributed by atoms with Crippen LogP contribution in [0.1, 0.15) is 18.1 Å². The summed E-state index contributed by atoms with van der Waals surface area (Å²) in [5, 5.41) is 2.72. The van der Waals surface area contributed by atoms with Gasteiger partial charge in [-0.15, -0.1) is 0 Å². The molecule has 0 heterocycles. The summed E-state index contributed by atoms with van der Waals surface area (Å²) in [7, 11) is -11.9. The van der Waals surface area contributed by atoms with Crippen molar-refractivity contribution in [3.63, 3.8) is 0 Å². The van der Waals surface area contributed by atoms with Gasteiger partial charge in [-0.05, 0) is 54.0 Å². The molecule has 0 bridgehead atoms. The van der Waals surface area contributed by atoms with E-state index in [0.29, 0.717) is 0 Å². The fraction of sp³-hybridized carbons (Fsp3) is 0.136. The number of anilines is 2. The summed E-state index contributed by atoms with van der Waals surface area (Å²) < 4.78 is 104. The molecule has 0 spiro atoms. The van der Waals surface area contributed by atoms with E-state index in [1.807, 2.05) is 0 Å². The quantitative estimate of drug-likeness (QED) is 0.251. The highest BCUT2D eigenvalue weighted by atomic mass is 32.2. The van der Waals surface area contributed by atoms with Crippen LogP contribution in [-0.4, -0.2) is 58.7 Å². The van der Waals surface area contributed by atoms with Gasteiger partial charge in [0.05, 0.1) is 11.4 Å². The Morgan fingerprint density at radius 1 is 0.865 bits per heavy atom. The van der Waals surface area contributed by atoms with E-state index < -0.39 is 45.1 Å². The lowest BCUT2D eigenvalue weighted by atomic mass is 9.88. The Balaban J connectivity index is 2.65. The predicted octanol–water partition coefficient (Wildman–Crippen LogP) is 2.41. The molecule has 6 N–H and O–H groups in total. The zero-order valence-corrected chi connectivity index (χ0v) is 22.1. The molecular weight excluding hydrogens is 546 g/mol. The van der Waals surface area contributed by atoms with Gasteiger partial charge < -0.3 is 11.1 Å². The minimum atomic E-state index is -4.96. The maximum atomic E-state index is 12.5. The van der Waals surface area contributed by atoms with Gasteiger partial charge in [0.15, 0.2) is 0 Å². The highest BCUT2D eigenvalue weighted by Gasteiger charge is 2.31. The van der Waals surface area contributed by atoms with Gasteiger partial charge in [-0.3, -0.25) is 18.7 Å². The fourth-order valence-corrected chi connectivity index (χ4v) is 6.23. The Morgan fingerprint density at radius 3 is 2.00 bits per heavy atom. The van der Waals surface area contributed by atoms with Crippen molar-refractivity contribution in [2.24, 2.45) is 4.99 Å². The summed E-state index contributed by atoms with van der Waals surface area (Å²) in [5.74, 6) is 0. The molecule has 15 heteroatoms. The van der Waals surface area contributed by atoms with Crippen LogP contribution in [0.3, 0.4) is 0 Å². The summed E-state index contributed by atoms with van der Waals surface area (Å²) in [6.45, 7) is 1.37.